The van der Waals surface area contributed by atoms with Gasteiger partial charge in [0.25, 0.3) is 0 Å². The normalized spacial score (nSPS) is 12.7. The molecule has 0 bridgehead atoms. The number of ether oxygens (including phenoxy) is 5. The van der Waals surface area contributed by atoms with Crippen molar-refractivity contribution in [3.63, 3.8) is 0 Å². The van der Waals surface area contributed by atoms with E-state index in [1.807, 2.05) is 36.4 Å². The predicted octanol–water partition coefficient (Wildman–Crippen LogP) is 1.14. The number of hydrogen-bond donors (Lipinski definition) is 2. The topological polar surface area (TPSA) is 86.6 Å². The number of hydrogen-bond acceptors (Lipinski definition) is 7. The van der Waals surface area contributed by atoms with Crippen LogP contribution in [0.1, 0.15) is 5.56 Å². The summed E-state index contributed by atoms with van der Waals surface area (Å²) < 4.78 is 26.5. The lowest BCUT2D eigenvalue weighted by molar-refractivity contribution is -0.0182. The summed E-state index contributed by atoms with van der Waals surface area (Å²) in [5.74, 6) is 0. The molecule has 1 unspecified atom stereocenters. The molecule has 1 aromatic carbocycles. The molecule has 27 heavy (non-hydrogen) atoms. The van der Waals surface area contributed by atoms with Crippen LogP contribution in [0.4, 0.5) is 0 Å². The Morgan fingerprint density at radius 2 is 1.19 bits per heavy atom. The molecule has 0 amide bonds. The Labute approximate surface area is 161 Å². The van der Waals surface area contributed by atoms with Crippen LogP contribution in [0, 0.1) is 0 Å². The maximum atomic E-state index is 9.81. The molecule has 0 aromatic heterocycles. The zero-order valence-electron chi connectivity index (χ0n) is 15.8. The minimum Gasteiger partial charge on any atom is -0.394 e. The van der Waals surface area contributed by atoms with Gasteiger partial charge in [-0.1, -0.05) is 42.5 Å². The van der Waals surface area contributed by atoms with E-state index in [-0.39, 0.29) is 13.2 Å². The average molecular weight is 384 g/mol. The highest BCUT2D eigenvalue weighted by atomic mass is 16.6. The molecule has 0 spiro atoms. The lowest BCUT2D eigenvalue weighted by Gasteiger charge is -2.09. The SMILES string of the molecule is OCCOCCOCCOCCOCCOCC(O)C=Cc1ccccc1. The summed E-state index contributed by atoms with van der Waals surface area (Å²) >= 11 is 0. The summed E-state index contributed by atoms with van der Waals surface area (Å²) in [4.78, 5) is 0. The molecule has 0 radical (unpaired) electrons. The Kier molecular flexibility index (Phi) is 15.9. The lowest BCUT2D eigenvalue weighted by atomic mass is 10.2. The van der Waals surface area contributed by atoms with Gasteiger partial charge in [-0.2, -0.15) is 0 Å². The highest BCUT2D eigenvalue weighted by Gasteiger charge is 1.99. The van der Waals surface area contributed by atoms with Crippen molar-refractivity contribution in [2.75, 3.05) is 72.7 Å². The number of aliphatic hydroxyl groups excluding tert-OH is 2. The highest BCUT2D eigenvalue weighted by Crippen LogP contribution is 2.02. The first kappa shape index (κ1) is 23.7. The quantitative estimate of drug-likeness (QED) is 0.367. The van der Waals surface area contributed by atoms with Crippen LogP contribution in [0.5, 0.6) is 0 Å². The highest BCUT2D eigenvalue weighted by molar-refractivity contribution is 5.49. The van der Waals surface area contributed by atoms with Crippen LogP contribution in [0.15, 0.2) is 36.4 Å². The summed E-state index contributed by atoms with van der Waals surface area (Å²) in [5.41, 5.74) is 1.04. The van der Waals surface area contributed by atoms with Crippen LogP contribution in [0.25, 0.3) is 6.08 Å². The second kappa shape index (κ2) is 18.1. The van der Waals surface area contributed by atoms with Crippen molar-refractivity contribution in [1.82, 2.24) is 0 Å². The number of aliphatic hydroxyl groups is 2. The smallest absolute Gasteiger partial charge is 0.0957 e. The summed E-state index contributed by atoms with van der Waals surface area (Å²) in [5, 5.41) is 18.3. The monoisotopic (exact) mass is 384 g/mol. The van der Waals surface area contributed by atoms with Crippen molar-refractivity contribution in [3.05, 3.63) is 42.0 Å². The van der Waals surface area contributed by atoms with E-state index in [1.165, 1.54) is 0 Å². The van der Waals surface area contributed by atoms with Gasteiger partial charge in [-0.15, -0.1) is 0 Å². The van der Waals surface area contributed by atoms with Gasteiger partial charge in [0.1, 0.15) is 0 Å². The van der Waals surface area contributed by atoms with Gasteiger partial charge in [0, 0.05) is 0 Å². The molecule has 1 aromatic rings. The molecule has 0 aliphatic heterocycles. The second-order valence-electron chi connectivity index (χ2n) is 5.59. The van der Waals surface area contributed by atoms with E-state index >= 15 is 0 Å². The van der Waals surface area contributed by atoms with Gasteiger partial charge in [0.15, 0.2) is 0 Å². The van der Waals surface area contributed by atoms with Gasteiger partial charge in [0.05, 0.1) is 78.8 Å². The first-order chi connectivity index (χ1) is 13.3. The fourth-order valence-corrected chi connectivity index (χ4v) is 1.99. The van der Waals surface area contributed by atoms with E-state index in [0.29, 0.717) is 59.5 Å². The van der Waals surface area contributed by atoms with Gasteiger partial charge in [0.2, 0.25) is 0 Å². The molecule has 0 aliphatic carbocycles. The van der Waals surface area contributed by atoms with Crippen LogP contribution >= 0.6 is 0 Å². The summed E-state index contributed by atoms with van der Waals surface area (Å²) in [6, 6.07) is 9.80. The van der Waals surface area contributed by atoms with E-state index in [4.69, 9.17) is 28.8 Å². The molecule has 0 fully saturated rings. The fraction of sp³-hybridized carbons (Fsp3) is 0.600. The van der Waals surface area contributed by atoms with Crippen molar-refractivity contribution in [1.29, 1.82) is 0 Å². The average Bonchev–Trinajstić information content (AvgIpc) is 2.70. The van der Waals surface area contributed by atoms with E-state index in [1.54, 1.807) is 6.08 Å². The molecule has 154 valence electrons. The maximum Gasteiger partial charge on any atom is 0.0957 e. The Morgan fingerprint density at radius 3 is 1.70 bits per heavy atom. The first-order valence-electron chi connectivity index (χ1n) is 9.24. The van der Waals surface area contributed by atoms with Crippen LogP contribution < -0.4 is 0 Å². The van der Waals surface area contributed by atoms with Crippen LogP contribution in [-0.2, 0) is 23.7 Å². The van der Waals surface area contributed by atoms with Gasteiger partial charge < -0.3 is 33.9 Å². The second-order valence-corrected chi connectivity index (χ2v) is 5.59. The zero-order chi connectivity index (χ0) is 19.4. The van der Waals surface area contributed by atoms with Crippen molar-refractivity contribution >= 4 is 6.08 Å². The molecular formula is C20H32O7. The van der Waals surface area contributed by atoms with Crippen LogP contribution in [0.3, 0.4) is 0 Å². The summed E-state index contributed by atoms with van der Waals surface area (Å²) in [6.07, 6.45) is 2.95. The minimum atomic E-state index is -0.637. The Hall–Kier alpha value is -1.32. The Bertz CT molecular complexity index is 453. The fourth-order valence-electron chi connectivity index (χ4n) is 1.99. The van der Waals surface area contributed by atoms with E-state index < -0.39 is 6.10 Å². The molecule has 1 atom stereocenters. The standard InChI is InChI=1S/C20H32O7/c21-8-9-23-10-11-24-12-13-25-14-15-26-16-17-27-18-20(22)7-6-19-4-2-1-3-5-19/h1-7,20-22H,8-18H2. The lowest BCUT2D eigenvalue weighted by Crippen LogP contribution is -2.16. The van der Waals surface area contributed by atoms with E-state index in [0.717, 1.165) is 5.56 Å². The zero-order valence-corrected chi connectivity index (χ0v) is 15.8. The predicted molar refractivity (Wildman–Crippen MR) is 103 cm³/mol. The summed E-state index contributed by atoms with van der Waals surface area (Å²) in [6.45, 7) is 4.42. The molecule has 0 aliphatic rings. The van der Waals surface area contributed by atoms with Crippen molar-refractivity contribution in [2.24, 2.45) is 0 Å². The molecule has 0 saturated heterocycles. The summed E-state index contributed by atoms with van der Waals surface area (Å²) in [7, 11) is 0. The first-order valence-corrected chi connectivity index (χ1v) is 9.24. The third kappa shape index (κ3) is 15.4. The third-order valence-electron chi connectivity index (χ3n) is 3.32. The molecule has 2 N–H and O–H groups in total. The van der Waals surface area contributed by atoms with Gasteiger partial charge in [-0.05, 0) is 5.56 Å². The van der Waals surface area contributed by atoms with E-state index in [2.05, 4.69) is 0 Å². The van der Waals surface area contributed by atoms with Crippen molar-refractivity contribution < 1.29 is 33.9 Å². The minimum absolute atomic E-state index is 0.0278. The largest absolute Gasteiger partial charge is 0.394 e. The van der Waals surface area contributed by atoms with Gasteiger partial charge in [-0.25, -0.2) is 0 Å². The molecule has 1 rings (SSSR count). The van der Waals surface area contributed by atoms with E-state index in [9.17, 15) is 5.11 Å². The molecule has 0 heterocycles. The van der Waals surface area contributed by atoms with Crippen molar-refractivity contribution in [2.45, 2.75) is 6.10 Å². The van der Waals surface area contributed by atoms with Crippen LogP contribution in [0.2, 0.25) is 0 Å². The van der Waals surface area contributed by atoms with Crippen molar-refractivity contribution in [3.8, 4) is 0 Å². The molecule has 7 nitrogen and oxygen atoms in total. The Morgan fingerprint density at radius 1 is 0.704 bits per heavy atom. The third-order valence-corrected chi connectivity index (χ3v) is 3.32. The Balaban J connectivity index is 1.80. The maximum absolute atomic E-state index is 9.81. The molecule has 7 heteroatoms. The van der Waals surface area contributed by atoms with Gasteiger partial charge in [-0.3, -0.25) is 0 Å². The molecular weight excluding hydrogens is 352 g/mol. The van der Waals surface area contributed by atoms with Crippen LogP contribution in [-0.4, -0.2) is 89.0 Å². The van der Waals surface area contributed by atoms with Gasteiger partial charge >= 0.3 is 0 Å². The number of rotatable bonds is 18. The number of benzene rings is 1. The molecule has 0 saturated carbocycles.